The van der Waals surface area contributed by atoms with E-state index in [1.807, 2.05) is 0 Å². The fourth-order valence-electron chi connectivity index (χ4n) is 6.32. The largest absolute Gasteiger partial charge is 0.508 e. The summed E-state index contributed by atoms with van der Waals surface area (Å²) in [6.07, 6.45) is -24.5. The average Bonchev–Trinajstić information content (AvgIpc) is 3.10. The zero-order chi connectivity index (χ0) is 37.8. The first-order valence-electron chi connectivity index (χ1n) is 16.2. The van der Waals surface area contributed by atoms with Crippen molar-refractivity contribution in [3.63, 3.8) is 0 Å². The molecule has 19 heteroatoms. The number of rotatable bonds is 8. The van der Waals surface area contributed by atoms with Crippen molar-refractivity contribution in [1.29, 1.82) is 0 Å². The van der Waals surface area contributed by atoms with E-state index in [-0.39, 0.29) is 22.7 Å². The van der Waals surface area contributed by atoms with Gasteiger partial charge in [-0.25, -0.2) is 0 Å². The van der Waals surface area contributed by atoms with Gasteiger partial charge in [-0.15, -0.1) is 0 Å². The van der Waals surface area contributed by atoms with Gasteiger partial charge in [-0.3, -0.25) is 4.79 Å². The fraction of sp³-hybridized carbons (Fsp3) is 0.545. The van der Waals surface area contributed by atoms with Crippen LogP contribution < -0.4 is 10.2 Å². The molecule has 286 valence electrons. The van der Waals surface area contributed by atoms with Gasteiger partial charge < -0.3 is 89.0 Å². The molecule has 0 saturated carbocycles. The van der Waals surface area contributed by atoms with Gasteiger partial charge >= 0.3 is 0 Å². The molecule has 2 aromatic carbocycles. The first-order chi connectivity index (χ1) is 24.6. The molecule has 52 heavy (non-hydrogen) atoms. The van der Waals surface area contributed by atoms with Gasteiger partial charge in [0.1, 0.15) is 89.3 Å². The van der Waals surface area contributed by atoms with Crippen LogP contribution in [0.1, 0.15) is 13.8 Å². The maximum atomic E-state index is 13.7. The Morgan fingerprint density at radius 2 is 1.25 bits per heavy atom. The molecule has 3 fully saturated rings. The monoisotopic (exact) mass is 740 g/mol. The highest BCUT2D eigenvalue weighted by Gasteiger charge is 2.53. The first kappa shape index (κ1) is 38.1. The zero-order valence-electron chi connectivity index (χ0n) is 27.5. The molecule has 0 radical (unpaired) electrons. The lowest BCUT2D eigenvalue weighted by Crippen LogP contribution is -2.66. The van der Waals surface area contributed by atoms with E-state index >= 15 is 0 Å². The molecule has 3 saturated heterocycles. The Labute approximate surface area is 293 Å². The smallest absolute Gasteiger partial charge is 0.239 e. The molecule has 3 aromatic rings. The van der Waals surface area contributed by atoms with Crippen molar-refractivity contribution in [3.8, 4) is 34.3 Å². The van der Waals surface area contributed by atoms with Gasteiger partial charge in [-0.05, 0) is 38.1 Å². The summed E-state index contributed by atoms with van der Waals surface area (Å²) < 4.78 is 39.8. The van der Waals surface area contributed by atoms with Gasteiger partial charge in [-0.2, -0.15) is 0 Å². The molecular weight excluding hydrogens is 700 g/mol. The van der Waals surface area contributed by atoms with E-state index in [9.17, 15) is 61.0 Å². The molecular formula is C33H40O19. The summed E-state index contributed by atoms with van der Waals surface area (Å²) in [6, 6.07) is 7.23. The summed E-state index contributed by atoms with van der Waals surface area (Å²) in [5, 5.41) is 115. The number of benzene rings is 2. The Hall–Kier alpha value is -3.67. The van der Waals surface area contributed by atoms with E-state index in [0.717, 1.165) is 12.1 Å². The number of aliphatic hydroxyl groups excluding tert-OH is 8. The predicted octanol–water partition coefficient (Wildman–Crippen LogP) is -2.54. The highest BCUT2D eigenvalue weighted by atomic mass is 16.8. The van der Waals surface area contributed by atoms with Crippen molar-refractivity contribution in [3.05, 3.63) is 46.6 Å². The Bertz CT molecular complexity index is 1760. The molecule has 15 atom stereocenters. The van der Waals surface area contributed by atoms with E-state index in [0.29, 0.717) is 0 Å². The number of phenols is 3. The quantitative estimate of drug-likeness (QED) is 0.113. The lowest BCUT2D eigenvalue weighted by Gasteiger charge is -2.47. The molecule has 4 heterocycles. The Morgan fingerprint density at radius 1 is 0.654 bits per heavy atom. The van der Waals surface area contributed by atoms with Gasteiger partial charge in [-0.1, -0.05) is 0 Å². The summed E-state index contributed by atoms with van der Waals surface area (Å²) in [4.78, 5) is 13.7. The van der Waals surface area contributed by atoms with E-state index < -0.39 is 127 Å². The van der Waals surface area contributed by atoms with Gasteiger partial charge in [0.2, 0.25) is 17.5 Å². The molecule has 3 aliphatic heterocycles. The number of hydrogen-bond donors (Lipinski definition) is 11. The SMILES string of the molecule is C[C@@H]1O[C@@H](O[C@@H]2[C@H](O)[C@@H](O)[C@H](Oc3c(-c4ccc(O)cc4)oc4cc(O)cc(O)c4c3=O)O[C@H]2CO)[C@H](O)[C@H](O[C@@H]2O[C@@H](C)[C@H](O)C(O)[C@H]2O)[C@H]1O. The lowest BCUT2D eigenvalue weighted by atomic mass is 9.96. The van der Waals surface area contributed by atoms with Crippen LogP contribution in [0.2, 0.25) is 0 Å². The van der Waals surface area contributed by atoms with E-state index in [1.54, 1.807) is 0 Å². The third kappa shape index (κ3) is 7.03. The number of aliphatic hydroxyl groups is 8. The minimum absolute atomic E-state index is 0.127. The third-order valence-electron chi connectivity index (χ3n) is 9.27. The Balaban J connectivity index is 1.24. The maximum absolute atomic E-state index is 13.7. The molecule has 11 N–H and O–H groups in total. The number of aromatic hydroxyl groups is 3. The zero-order valence-corrected chi connectivity index (χ0v) is 27.5. The molecule has 6 rings (SSSR count). The second-order valence-electron chi connectivity index (χ2n) is 12.9. The van der Waals surface area contributed by atoms with Crippen LogP contribution in [-0.4, -0.2) is 155 Å². The van der Waals surface area contributed by atoms with Crippen molar-refractivity contribution >= 4 is 11.0 Å². The first-order valence-corrected chi connectivity index (χ1v) is 16.2. The van der Waals surface area contributed by atoms with Crippen LogP contribution >= 0.6 is 0 Å². The van der Waals surface area contributed by atoms with Gasteiger partial charge in [0.05, 0.1) is 18.8 Å². The minimum Gasteiger partial charge on any atom is -0.508 e. The normalized spacial score (nSPS) is 38.3. The second-order valence-corrected chi connectivity index (χ2v) is 12.9. The van der Waals surface area contributed by atoms with Crippen LogP contribution in [0.15, 0.2) is 45.6 Å². The van der Waals surface area contributed by atoms with Crippen LogP contribution in [0.4, 0.5) is 0 Å². The molecule has 0 aliphatic carbocycles. The highest BCUT2D eigenvalue weighted by molar-refractivity contribution is 5.88. The number of hydrogen-bond acceptors (Lipinski definition) is 19. The second kappa shape index (κ2) is 15.0. The molecule has 0 amide bonds. The number of phenolic OH excluding ortho intramolecular Hbond substituents is 3. The molecule has 19 nitrogen and oxygen atoms in total. The maximum Gasteiger partial charge on any atom is 0.239 e. The topological polar surface area (TPSA) is 308 Å². The van der Waals surface area contributed by atoms with Crippen LogP contribution in [0.3, 0.4) is 0 Å². The Morgan fingerprint density at radius 3 is 1.90 bits per heavy atom. The number of ether oxygens (including phenoxy) is 6. The summed E-state index contributed by atoms with van der Waals surface area (Å²) in [6.45, 7) is 1.91. The third-order valence-corrected chi connectivity index (χ3v) is 9.27. The summed E-state index contributed by atoms with van der Waals surface area (Å²) >= 11 is 0. The number of fused-ring (bicyclic) bond motifs is 1. The minimum atomic E-state index is -2.03. The molecule has 1 aromatic heterocycles. The van der Waals surface area contributed by atoms with Crippen molar-refractivity contribution in [2.24, 2.45) is 0 Å². The van der Waals surface area contributed by atoms with Crippen molar-refractivity contribution in [2.45, 2.75) is 106 Å². The van der Waals surface area contributed by atoms with E-state index in [2.05, 4.69) is 0 Å². The molecule has 0 spiro atoms. The van der Waals surface area contributed by atoms with Gasteiger partial charge in [0.15, 0.2) is 18.3 Å². The van der Waals surface area contributed by atoms with Gasteiger partial charge in [0.25, 0.3) is 0 Å². The lowest BCUT2D eigenvalue weighted by molar-refractivity contribution is -0.373. The average molecular weight is 741 g/mol. The van der Waals surface area contributed by atoms with Gasteiger partial charge in [0, 0.05) is 17.7 Å². The van der Waals surface area contributed by atoms with E-state index in [1.165, 1.54) is 38.1 Å². The van der Waals surface area contributed by atoms with Crippen molar-refractivity contribution in [2.75, 3.05) is 6.61 Å². The summed E-state index contributed by atoms with van der Waals surface area (Å²) in [5.41, 5.74) is -1.06. The predicted molar refractivity (Wildman–Crippen MR) is 170 cm³/mol. The van der Waals surface area contributed by atoms with Crippen molar-refractivity contribution < 1.29 is 89.0 Å². The van der Waals surface area contributed by atoms with Crippen LogP contribution in [0.25, 0.3) is 22.3 Å². The van der Waals surface area contributed by atoms with E-state index in [4.69, 9.17) is 32.8 Å². The Kier molecular flexibility index (Phi) is 11.0. The standard InChI is InChI=1S/C33H40O19/c1-10-19(38)22(41)24(43)31(46-10)51-29-20(39)11(2)47-33(26(29)45)50-28-17(9-34)49-32(25(44)23(28)42)52-30-21(40)18-15(37)7-14(36)8-16(18)48-27(30)12-3-5-13(35)6-4-12/h3-8,10-11,17,19-20,22-26,28-29,31-39,41-45H,9H2,1-2H3/t10-,11-,17-,19-,20-,22?,23+,24+,25+,26+,28-,29+,31-,32-,33-/m0/s1. The van der Waals surface area contributed by atoms with Crippen molar-refractivity contribution in [1.82, 2.24) is 0 Å². The molecule has 1 unspecified atom stereocenters. The molecule has 0 bridgehead atoms. The van der Waals surface area contributed by atoms with Crippen LogP contribution in [0, 0.1) is 0 Å². The fourth-order valence-corrected chi connectivity index (χ4v) is 6.32. The summed E-state index contributed by atoms with van der Waals surface area (Å²) in [7, 11) is 0. The van der Waals surface area contributed by atoms with Crippen LogP contribution in [-0.2, 0) is 23.7 Å². The highest BCUT2D eigenvalue weighted by Crippen LogP contribution is 2.38. The summed E-state index contributed by atoms with van der Waals surface area (Å²) in [5.74, 6) is -2.13. The molecule has 3 aliphatic rings. The van der Waals surface area contributed by atoms with Crippen LogP contribution in [0.5, 0.6) is 23.0 Å².